The summed E-state index contributed by atoms with van der Waals surface area (Å²) < 4.78 is 10.9. The molecule has 128 valence electrons. The van der Waals surface area contributed by atoms with Crippen LogP contribution in [0.25, 0.3) is 0 Å². The molecule has 0 saturated carbocycles. The third-order valence-corrected chi connectivity index (χ3v) is 4.30. The molecule has 1 fully saturated rings. The zero-order valence-corrected chi connectivity index (χ0v) is 14.5. The van der Waals surface area contributed by atoms with Gasteiger partial charge in [-0.1, -0.05) is 18.7 Å². The Morgan fingerprint density at radius 3 is 2.65 bits per heavy atom. The summed E-state index contributed by atoms with van der Waals surface area (Å²) in [5.74, 6) is 0.408. The highest BCUT2D eigenvalue weighted by Gasteiger charge is 2.37. The molecule has 1 amide bonds. The maximum absolute atomic E-state index is 12.2. The van der Waals surface area contributed by atoms with Crippen molar-refractivity contribution in [3.8, 4) is 0 Å². The number of carbonyl (C=O) groups is 2. The number of likely N-dealkylation sites (tertiary alicyclic amines) is 1. The molecule has 0 unspecified atom stereocenters. The third-order valence-electron chi connectivity index (χ3n) is 4.30. The van der Waals surface area contributed by atoms with Crippen LogP contribution in [0, 0.1) is 11.8 Å². The van der Waals surface area contributed by atoms with Gasteiger partial charge in [-0.15, -0.1) is 0 Å². The van der Waals surface area contributed by atoms with Crippen molar-refractivity contribution in [3.63, 3.8) is 0 Å². The van der Waals surface area contributed by atoms with Crippen molar-refractivity contribution in [1.82, 2.24) is 4.90 Å². The van der Waals surface area contributed by atoms with Gasteiger partial charge in [0, 0.05) is 20.0 Å². The molecule has 0 bridgehead atoms. The number of hydrogen-bond acceptors (Lipinski definition) is 4. The maximum Gasteiger partial charge on any atom is 0.410 e. The Balaban J connectivity index is 2.07. The fourth-order valence-corrected chi connectivity index (χ4v) is 3.29. The third kappa shape index (κ3) is 4.60. The van der Waals surface area contributed by atoms with E-state index in [1.54, 1.807) is 11.0 Å². The number of piperidine rings is 1. The lowest BCUT2D eigenvalue weighted by Gasteiger charge is -2.42. The highest BCUT2D eigenvalue weighted by molar-refractivity contribution is 5.68. The van der Waals surface area contributed by atoms with Gasteiger partial charge < -0.3 is 14.4 Å². The van der Waals surface area contributed by atoms with E-state index < -0.39 is 5.60 Å². The van der Waals surface area contributed by atoms with E-state index >= 15 is 0 Å². The minimum atomic E-state index is -0.483. The second-order valence-electron chi connectivity index (χ2n) is 7.34. The van der Waals surface area contributed by atoms with Crippen molar-refractivity contribution in [1.29, 1.82) is 0 Å². The largest absolute Gasteiger partial charge is 0.458 e. The molecular weight excluding hydrogens is 294 g/mol. The monoisotopic (exact) mass is 321 g/mol. The molecule has 1 aliphatic heterocycles. The normalized spacial score (nSPS) is 27.6. The zero-order chi connectivity index (χ0) is 17.2. The van der Waals surface area contributed by atoms with E-state index in [0.29, 0.717) is 19.0 Å². The Morgan fingerprint density at radius 1 is 1.39 bits per heavy atom. The van der Waals surface area contributed by atoms with E-state index in [-0.39, 0.29) is 24.1 Å². The topological polar surface area (TPSA) is 55.8 Å². The van der Waals surface area contributed by atoms with Gasteiger partial charge in [-0.3, -0.25) is 4.79 Å². The summed E-state index contributed by atoms with van der Waals surface area (Å²) in [5.41, 5.74) is 0.454. The Hall–Kier alpha value is -1.78. The van der Waals surface area contributed by atoms with Crippen LogP contribution in [0.3, 0.4) is 0 Å². The second kappa shape index (κ2) is 6.77. The molecule has 0 aromatic rings. The van der Waals surface area contributed by atoms with Crippen LogP contribution in [0.15, 0.2) is 24.3 Å². The first-order chi connectivity index (χ1) is 10.7. The van der Waals surface area contributed by atoms with Crippen LogP contribution in [0.2, 0.25) is 0 Å². The molecule has 0 N–H and O–H groups in total. The molecular formula is C18H27NO4. The smallest absolute Gasteiger partial charge is 0.410 e. The highest BCUT2D eigenvalue weighted by atomic mass is 16.6. The molecule has 2 aliphatic rings. The van der Waals surface area contributed by atoms with Crippen molar-refractivity contribution in [3.05, 3.63) is 24.3 Å². The van der Waals surface area contributed by atoms with E-state index in [2.05, 4.69) is 12.7 Å². The molecule has 0 aromatic heterocycles. The molecule has 0 radical (unpaired) electrons. The summed E-state index contributed by atoms with van der Waals surface area (Å²) >= 11 is 0. The van der Waals surface area contributed by atoms with Crippen molar-refractivity contribution < 1.29 is 19.1 Å². The van der Waals surface area contributed by atoms with Crippen molar-refractivity contribution in [2.24, 2.45) is 11.8 Å². The lowest BCUT2D eigenvalue weighted by molar-refractivity contribution is -0.145. The number of rotatable bonds is 2. The van der Waals surface area contributed by atoms with Crippen LogP contribution in [0.4, 0.5) is 4.79 Å². The molecule has 3 atom stereocenters. The predicted molar refractivity (Wildman–Crippen MR) is 87.9 cm³/mol. The molecule has 2 rings (SSSR count). The number of hydrogen-bond donors (Lipinski definition) is 0. The maximum atomic E-state index is 12.2. The fourth-order valence-electron chi connectivity index (χ4n) is 3.29. The van der Waals surface area contributed by atoms with E-state index in [1.165, 1.54) is 6.92 Å². The van der Waals surface area contributed by atoms with Crippen LogP contribution in [0.5, 0.6) is 0 Å². The van der Waals surface area contributed by atoms with E-state index in [0.717, 1.165) is 18.4 Å². The molecule has 23 heavy (non-hydrogen) atoms. The average Bonchev–Trinajstić information content (AvgIpc) is 2.43. The SMILES string of the molecule is C=CC1=C[C@H]2CN(C(=O)OC(C)(C)C)CC[C@H]2C[C@H]1OC(C)=O. The van der Waals surface area contributed by atoms with Gasteiger partial charge in [0.25, 0.3) is 0 Å². The van der Waals surface area contributed by atoms with Crippen LogP contribution in [0.1, 0.15) is 40.5 Å². The first-order valence-corrected chi connectivity index (χ1v) is 8.19. The Labute approximate surface area is 138 Å². The Morgan fingerprint density at radius 2 is 2.09 bits per heavy atom. The van der Waals surface area contributed by atoms with Gasteiger partial charge in [-0.25, -0.2) is 4.79 Å². The summed E-state index contributed by atoms with van der Waals surface area (Å²) in [5, 5.41) is 0. The van der Waals surface area contributed by atoms with E-state index in [9.17, 15) is 9.59 Å². The molecule has 5 heteroatoms. The average molecular weight is 321 g/mol. The fraction of sp³-hybridized carbons (Fsp3) is 0.667. The Bertz CT molecular complexity index is 518. The first-order valence-electron chi connectivity index (χ1n) is 8.19. The van der Waals surface area contributed by atoms with E-state index in [1.807, 2.05) is 20.8 Å². The molecule has 0 spiro atoms. The van der Waals surface area contributed by atoms with Crippen molar-refractivity contribution in [2.75, 3.05) is 13.1 Å². The van der Waals surface area contributed by atoms with Gasteiger partial charge in [-0.05, 0) is 51.0 Å². The molecule has 1 aliphatic carbocycles. The Kier molecular flexibility index (Phi) is 5.17. The van der Waals surface area contributed by atoms with Crippen molar-refractivity contribution in [2.45, 2.75) is 52.2 Å². The minimum Gasteiger partial charge on any atom is -0.458 e. The number of ether oxygens (including phenoxy) is 2. The first kappa shape index (κ1) is 17.6. The number of amides is 1. The van der Waals surface area contributed by atoms with Crippen molar-refractivity contribution >= 4 is 12.1 Å². The van der Waals surface area contributed by atoms with Gasteiger partial charge in [0.15, 0.2) is 0 Å². The summed E-state index contributed by atoms with van der Waals surface area (Å²) in [7, 11) is 0. The zero-order valence-electron chi connectivity index (χ0n) is 14.5. The molecule has 0 aromatic carbocycles. The number of fused-ring (bicyclic) bond motifs is 1. The van der Waals surface area contributed by atoms with E-state index in [4.69, 9.17) is 9.47 Å². The van der Waals surface area contributed by atoms with Crippen LogP contribution in [-0.2, 0) is 14.3 Å². The van der Waals surface area contributed by atoms with Gasteiger partial charge in [-0.2, -0.15) is 0 Å². The van der Waals surface area contributed by atoms with Gasteiger partial charge >= 0.3 is 12.1 Å². The second-order valence-corrected chi connectivity index (χ2v) is 7.34. The quantitative estimate of drug-likeness (QED) is 0.732. The molecule has 5 nitrogen and oxygen atoms in total. The number of esters is 1. The summed E-state index contributed by atoms with van der Waals surface area (Å²) in [6.07, 6.45) is 5.07. The predicted octanol–water partition coefficient (Wildman–Crippen LogP) is 3.31. The number of carbonyl (C=O) groups excluding carboxylic acids is 2. The lowest BCUT2D eigenvalue weighted by Crippen LogP contribution is -2.47. The summed E-state index contributed by atoms with van der Waals surface area (Å²) in [6.45, 7) is 12.2. The number of nitrogens with zero attached hydrogens (tertiary/aromatic N) is 1. The molecule has 1 heterocycles. The van der Waals surface area contributed by atoms with Crippen LogP contribution in [-0.4, -0.2) is 41.8 Å². The van der Waals surface area contributed by atoms with Crippen LogP contribution < -0.4 is 0 Å². The van der Waals surface area contributed by atoms with Gasteiger partial charge in [0.2, 0.25) is 0 Å². The minimum absolute atomic E-state index is 0.209. The summed E-state index contributed by atoms with van der Waals surface area (Å²) in [6, 6.07) is 0. The standard InChI is InChI=1S/C18H27NO4/c1-6-13-9-15-11-19(17(21)23-18(3,4)5)8-7-14(15)10-16(13)22-12(2)20/h6,9,14-16H,1,7-8,10-11H2,2-5H3/t14-,15-,16+/m0/s1. The molecule has 1 saturated heterocycles. The van der Waals surface area contributed by atoms with Crippen LogP contribution >= 0.6 is 0 Å². The van der Waals surface area contributed by atoms with Gasteiger partial charge in [0.05, 0.1) is 0 Å². The highest BCUT2D eigenvalue weighted by Crippen LogP contribution is 2.37. The lowest BCUT2D eigenvalue weighted by atomic mass is 9.75. The van der Waals surface area contributed by atoms with Gasteiger partial charge in [0.1, 0.15) is 11.7 Å². The summed E-state index contributed by atoms with van der Waals surface area (Å²) in [4.78, 5) is 25.3.